The third-order valence-corrected chi connectivity index (χ3v) is 5.72. The molecule has 32 heavy (non-hydrogen) atoms. The molecule has 1 heterocycles. The van der Waals surface area contributed by atoms with E-state index in [4.69, 9.17) is 4.74 Å². The topological polar surface area (TPSA) is 87.7 Å². The van der Waals surface area contributed by atoms with Gasteiger partial charge in [0.25, 0.3) is 0 Å². The second-order valence-electron chi connectivity index (χ2n) is 8.50. The molecule has 1 aromatic rings. The van der Waals surface area contributed by atoms with E-state index in [-0.39, 0.29) is 54.1 Å². The molecule has 1 aliphatic carbocycles. The van der Waals surface area contributed by atoms with Gasteiger partial charge in [-0.05, 0) is 45.7 Å². The highest BCUT2D eigenvalue weighted by Gasteiger charge is 2.46. The van der Waals surface area contributed by atoms with Crippen molar-refractivity contribution in [3.63, 3.8) is 0 Å². The average Bonchev–Trinajstić information content (AvgIpc) is 2.97. The van der Waals surface area contributed by atoms with Crippen LogP contribution in [0, 0.1) is 11.8 Å². The summed E-state index contributed by atoms with van der Waals surface area (Å²) in [5, 5.41) is 6.34. The Labute approximate surface area is 196 Å². The largest absolute Gasteiger partial charge is 0.491 e. The molecular weight excluding hydrogens is 430 g/mol. The molecule has 176 valence electrons. The lowest BCUT2D eigenvalue weighted by Gasteiger charge is -2.23. The number of amides is 3. The number of allylic oxidation sites excluding steroid dienone is 2. The van der Waals surface area contributed by atoms with Crippen LogP contribution in [0.2, 0.25) is 0 Å². The molecule has 1 saturated heterocycles. The van der Waals surface area contributed by atoms with Crippen molar-refractivity contribution in [2.24, 2.45) is 11.8 Å². The molecule has 1 aliphatic heterocycles. The molecule has 8 heteroatoms. The maximum Gasteiger partial charge on any atom is 0.233 e. The Kier molecular flexibility index (Phi) is 9.72. The molecule has 3 unspecified atom stereocenters. The molecule has 7 nitrogen and oxygen atoms in total. The molecule has 3 atom stereocenters. The van der Waals surface area contributed by atoms with E-state index in [0.717, 1.165) is 11.3 Å². The van der Waals surface area contributed by atoms with Crippen molar-refractivity contribution in [1.29, 1.82) is 0 Å². The van der Waals surface area contributed by atoms with Crippen LogP contribution in [0.3, 0.4) is 0 Å². The van der Waals surface area contributed by atoms with Gasteiger partial charge in [0.1, 0.15) is 5.75 Å². The van der Waals surface area contributed by atoms with E-state index in [1.165, 1.54) is 11.8 Å². The minimum atomic E-state index is -0.239. The first-order valence-electron chi connectivity index (χ1n) is 11.1. The first kappa shape index (κ1) is 25.9. The van der Waals surface area contributed by atoms with Gasteiger partial charge in [-0.25, -0.2) is 0 Å². The Morgan fingerprint density at radius 2 is 1.75 bits per heavy atom. The quantitative estimate of drug-likeness (QED) is 0.316. The van der Waals surface area contributed by atoms with Gasteiger partial charge in [0.05, 0.1) is 24.0 Å². The standard InChI is InChI=1S/C24H33N3O4.ClH/c1-16(2)31-22-12-7-6-11-20(22)21(26-17(3)28)15-25-13-8-14-27-23(29)18-9-4-5-10-19(18)24(27)30;/h4-7,11-12,16,18-19,21,25H,8-10,13-15H2,1-3H3,(H,26,28);1H. The Morgan fingerprint density at radius 3 is 2.34 bits per heavy atom. The number of likely N-dealkylation sites (tertiary alicyclic amines) is 1. The summed E-state index contributed by atoms with van der Waals surface area (Å²) in [6, 6.07) is 7.46. The zero-order valence-electron chi connectivity index (χ0n) is 19.0. The summed E-state index contributed by atoms with van der Waals surface area (Å²) in [4.78, 5) is 38.3. The monoisotopic (exact) mass is 463 g/mol. The van der Waals surface area contributed by atoms with Gasteiger partial charge in [-0.1, -0.05) is 30.4 Å². The van der Waals surface area contributed by atoms with Crippen LogP contribution in [0.1, 0.15) is 51.6 Å². The number of fused-ring (bicyclic) bond motifs is 1. The lowest BCUT2D eigenvalue weighted by Crippen LogP contribution is -2.37. The number of imide groups is 1. The molecule has 2 aliphatic rings. The molecule has 3 rings (SSSR count). The van der Waals surface area contributed by atoms with E-state index in [1.54, 1.807) is 0 Å². The highest BCUT2D eigenvalue weighted by Crippen LogP contribution is 2.35. The zero-order chi connectivity index (χ0) is 22.4. The number of nitrogens with zero attached hydrogens (tertiary/aromatic N) is 1. The van der Waals surface area contributed by atoms with E-state index in [0.29, 0.717) is 38.9 Å². The van der Waals surface area contributed by atoms with Crippen molar-refractivity contribution in [2.45, 2.75) is 52.2 Å². The molecule has 3 amide bonds. The van der Waals surface area contributed by atoms with Gasteiger partial charge in [0.2, 0.25) is 17.7 Å². The lowest BCUT2D eigenvalue weighted by molar-refractivity contribution is -0.140. The van der Waals surface area contributed by atoms with Crippen LogP contribution < -0.4 is 15.4 Å². The van der Waals surface area contributed by atoms with Crippen LogP contribution in [0.15, 0.2) is 36.4 Å². The number of hydrogen-bond acceptors (Lipinski definition) is 5. The Balaban J connectivity index is 0.00000363. The number of ether oxygens (including phenoxy) is 1. The molecule has 0 bridgehead atoms. The first-order valence-corrected chi connectivity index (χ1v) is 11.1. The second kappa shape index (κ2) is 12.0. The number of rotatable bonds is 10. The molecule has 0 aromatic heterocycles. The van der Waals surface area contributed by atoms with Gasteiger partial charge in [0.15, 0.2) is 0 Å². The van der Waals surface area contributed by atoms with Crippen molar-refractivity contribution in [3.05, 3.63) is 42.0 Å². The van der Waals surface area contributed by atoms with Crippen molar-refractivity contribution >= 4 is 30.1 Å². The van der Waals surface area contributed by atoms with E-state index < -0.39 is 0 Å². The summed E-state index contributed by atoms with van der Waals surface area (Å²) < 4.78 is 5.91. The van der Waals surface area contributed by atoms with Gasteiger partial charge in [0, 0.05) is 25.6 Å². The van der Waals surface area contributed by atoms with Crippen LogP contribution in [-0.2, 0) is 14.4 Å². The molecule has 2 N–H and O–H groups in total. The van der Waals surface area contributed by atoms with Crippen LogP contribution in [0.4, 0.5) is 0 Å². The van der Waals surface area contributed by atoms with Crippen LogP contribution in [0.25, 0.3) is 0 Å². The van der Waals surface area contributed by atoms with Crippen LogP contribution >= 0.6 is 12.4 Å². The van der Waals surface area contributed by atoms with Gasteiger partial charge < -0.3 is 15.4 Å². The summed E-state index contributed by atoms with van der Waals surface area (Å²) in [6.45, 7) is 7.02. The van der Waals surface area contributed by atoms with E-state index in [1.807, 2.05) is 50.3 Å². The molecule has 1 aromatic carbocycles. The van der Waals surface area contributed by atoms with Crippen molar-refractivity contribution in [2.75, 3.05) is 19.6 Å². The highest BCUT2D eigenvalue weighted by atomic mass is 35.5. The number of carbonyl (C=O) groups excluding carboxylic acids is 3. The van der Waals surface area contributed by atoms with Gasteiger partial charge >= 0.3 is 0 Å². The Bertz CT molecular complexity index is 816. The lowest BCUT2D eigenvalue weighted by atomic mass is 9.85. The van der Waals surface area contributed by atoms with Gasteiger partial charge in [-0.3, -0.25) is 19.3 Å². The SMILES string of the molecule is CC(=O)NC(CNCCCN1C(=O)C2CC=CCC2C1=O)c1ccccc1OC(C)C.Cl. The summed E-state index contributed by atoms with van der Waals surface area (Å²) in [5.74, 6) is 0.225. The second-order valence-corrected chi connectivity index (χ2v) is 8.50. The molecule has 0 radical (unpaired) electrons. The average molecular weight is 464 g/mol. The summed E-state index contributed by atoms with van der Waals surface area (Å²) in [5.41, 5.74) is 0.917. The first-order chi connectivity index (χ1) is 14.9. The van der Waals surface area contributed by atoms with Crippen molar-refractivity contribution < 1.29 is 19.1 Å². The number of hydrogen-bond donors (Lipinski definition) is 2. The van der Waals surface area contributed by atoms with Gasteiger partial charge in [-0.2, -0.15) is 0 Å². The summed E-state index contributed by atoms with van der Waals surface area (Å²) in [6.07, 6.45) is 6.03. The van der Waals surface area contributed by atoms with E-state index in [2.05, 4.69) is 10.6 Å². The summed E-state index contributed by atoms with van der Waals surface area (Å²) in [7, 11) is 0. The smallest absolute Gasteiger partial charge is 0.233 e. The molecular formula is C24H34ClN3O4. The van der Waals surface area contributed by atoms with Crippen LogP contribution in [-0.4, -0.2) is 48.4 Å². The van der Waals surface area contributed by atoms with Crippen molar-refractivity contribution in [1.82, 2.24) is 15.5 Å². The highest BCUT2D eigenvalue weighted by molar-refractivity contribution is 6.05. The predicted octanol–water partition coefficient (Wildman–Crippen LogP) is 3.00. The summed E-state index contributed by atoms with van der Waals surface area (Å²) >= 11 is 0. The Morgan fingerprint density at radius 1 is 1.12 bits per heavy atom. The predicted molar refractivity (Wildman–Crippen MR) is 126 cm³/mol. The minimum absolute atomic E-state index is 0. The number of para-hydroxylation sites is 1. The van der Waals surface area contributed by atoms with Crippen molar-refractivity contribution in [3.8, 4) is 5.75 Å². The number of nitrogens with one attached hydrogen (secondary N) is 2. The minimum Gasteiger partial charge on any atom is -0.491 e. The number of benzene rings is 1. The number of carbonyl (C=O) groups is 3. The fourth-order valence-electron chi connectivity index (χ4n) is 4.31. The van der Waals surface area contributed by atoms with E-state index >= 15 is 0 Å². The fraction of sp³-hybridized carbons (Fsp3) is 0.542. The van der Waals surface area contributed by atoms with Gasteiger partial charge in [-0.15, -0.1) is 12.4 Å². The number of halogens is 1. The third kappa shape index (κ3) is 6.33. The third-order valence-electron chi connectivity index (χ3n) is 5.72. The van der Waals surface area contributed by atoms with Crippen LogP contribution in [0.5, 0.6) is 5.75 Å². The van der Waals surface area contributed by atoms with E-state index in [9.17, 15) is 14.4 Å². The normalized spacial score (nSPS) is 20.7. The molecule has 1 fully saturated rings. The maximum absolute atomic E-state index is 12.5. The Hall–Kier alpha value is -2.38. The fourth-order valence-corrected chi connectivity index (χ4v) is 4.31. The zero-order valence-corrected chi connectivity index (χ0v) is 19.8. The molecule has 0 saturated carbocycles. The molecule has 0 spiro atoms. The maximum atomic E-state index is 12.5.